The van der Waals surface area contributed by atoms with E-state index in [9.17, 15) is 0 Å². The van der Waals surface area contributed by atoms with Crippen molar-refractivity contribution < 1.29 is 9.47 Å². The molecule has 0 radical (unpaired) electrons. The molecule has 1 aromatic heterocycles. The van der Waals surface area contributed by atoms with Gasteiger partial charge in [0.1, 0.15) is 0 Å². The van der Waals surface area contributed by atoms with Gasteiger partial charge >= 0.3 is 0 Å². The highest BCUT2D eigenvalue weighted by atomic mass is 16.5. The first-order chi connectivity index (χ1) is 8.35. The van der Waals surface area contributed by atoms with Crippen molar-refractivity contribution in [2.75, 3.05) is 20.3 Å². The minimum absolute atomic E-state index is 0.192. The van der Waals surface area contributed by atoms with Crippen LogP contribution in [0.4, 0.5) is 0 Å². The van der Waals surface area contributed by atoms with Gasteiger partial charge in [0, 0.05) is 45.2 Å². The number of hydrogen-bond acceptors (Lipinski definition) is 4. The zero-order valence-electron chi connectivity index (χ0n) is 10.5. The molecule has 1 saturated carbocycles. The molecule has 2 rings (SSSR count). The van der Waals surface area contributed by atoms with E-state index in [1.165, 1.54) is 0 Å². The van der Waals surface area contributed by atoms with Crippen LogP contribution in [-0.4, -0.2) is 48.1 Å². The second-order valence-corrected chi connectivity index (χ2v) is 4.29. The van der Waals surface area contributed by atoms with E-state index in [0.29, 0.717) is 6.04 Å². The quantitative estimate of drug-likeness (QED) is 0.759. The van der Waals surface area contributed by atoms with Gasteiger partial charge in [-0.25, -0.2) is 4.98 Å². The Labute approximate surface area is 102 Å². The summed E-state index contributed by atoms with van der Waals surface area (Å²) >= 11 is 0. The molecular formula is C12H21N3O2. The molecule has 0 spiro atoms. The van der Waals surface area contributed by atoms with E-state index >= 15 is 0 Å². The van der Waals surface area contributed by atoms with Gasteiger partial charge in [-0.3, -0.25) is 0 Å². The normalized spacial score (nSPS) is 28.0. The maximum atomic E-state index is 5.58. The standard InChI is InChI=1S/C12H21N3O2/c1-3-17-11-8-10(12(11)16-2)14-5-7-15-6-4-13-9-15/h4,6,9-12,14H,3,5,7-8H2,1-2H3. The molecule has 96 valence electrons. The van der Waals surface area contributed by atoms with Crippen LogP contribution in [-0.2, 0) is 16.0 Å². The Kier molecular flexibility index (Phi) is 4.53. The van der Waals surface area contributed by atoms with Crippen LogP contribution in [0.3, 0.4) is 0 Å². The van der Waals surface area contributed by atoms with Crippen LogP contribution in [0, 0.1) is 0 Å². The molecule has 3 atom stereocenters. The van der Waals surface area contributed by atoms with E-state index in [4.69, 9.17) is 9.47 Å². The van der Waals surface area contributed by atoms with Crippen LogP contribution in [0.1, 0.15) is 13.3 Å². The number of nitrogens with zero attached hydrogens (tertiary/aromatic N) is 2. The summed E-state index contributed by atoms with van der Waals surface area (Å²) in [5.41, 5.74) is 0. The molecule has 0 aromatic carbocycles. The van der Waals surface area contributed by atoms with E-state index in [0.717, 1.165) is 26.1 Å². The number of ether oxygens (including phenoxy) is 2. The maximum Gasteiger partial charge on any atom is 0.0986 e. The Morgan fingerprint density at radius 2 is 2.41 bits per heavy atom. The summed E-state index contributed by atoms with van der Waals surface area (Å²) < 4.78 is 13.1. The molecule has 5 heteroatoms. The molecule has 17 heavy (non-hydrogen) atoms. The molecule has 3 unspecified atom stereocenters. The summed E-state index contributed by atoms with van der Waals surface area (Å²) in [5, 5.41) is 3.49. The number of hydrogen-bond donors (Lipinski definition) is 1. The van der Waals surface area contributed by atoms with E-state index in [2.05, 4.69) is 14.9 Å². The van der Waals surface area contributed by atoms with Crippen molar-refractivity contribution in [3.8, 4) is 0 Å². The molecule has 0 bridgehead atoms. The van der Waals surface area contributed by atoms with Crippen molar-refractivity contribution >= 4 is 0 Å². The Bertz CT molecular complexity index is 316. The molecule has 0 aliphatic heterocycles. The highest BCUT2D eigenvalue weighted by Gasteiger charge is 2.41. The smallest absolute Gasteiger partial charge is 0.0986 e. The van der Waals surface area contributed by atoms with Crippen molar-refractivity contribution in [3.63, 3.8) is 0 Å². The van der Waals surface area contributed by atoms with Gasteiger partial charge in [0.25, 0.3) is 0 Å². The molecule has 1 N–H and O–H groups in total. The van der Waals surface area contributed by atoms with Crippen LogP contribution in [0.2, 0.25) is 0 Å². The van der Waals surface area contributed by atoms with E-state index < -0.39 is 0 Å². The van der Waals surface area contributed by atoms with E-state index in [1.807, 2.05) is 19.4 Å². The van der Waals surface area contributed by atoms with E-state index in [1.54, 1.807) is 13.3 Å². The lowest BCUT2D eigenvalue weighted by atomic mass is 9.85. The van der Waals surface area contributed by atoms with Crippen LogP contribution in [0.15, 0.2) is 18.7 Å². The molecule has 0 saturated heterocycles. The summed E-state index contributed by atoms with van der Waals surface area (Å²) in [6.45, 7) is 4.64. The average Bonchev–Trinajstić information content (AvgIpc) is 2.80. The molecule has 1 aliphatic carbocycles. The summed E-state index contributed by atoms with van der Waals surface area (Å²) in [5.74, 6) is 0. The minimum atomic E-state index is 0.192. The molecule has 1 aliphatic rings. The fourth-order valence-corrected chi connectivity index (χ4v) is 2.27. The van der Waals surface area contributed by atoms with Gasteiger partial charge in [0.15, 0.2) is 0 Å². The monoisotopic (exact) mass is 239 g/mol. The lowest BCUT2D eigenvalue weighted by Gasteiger charge is -2.43. The van der Waals surface area contributed by atoms with Gasteiger partial charge in [0.2, 0.25) is 0 Å². The number of imidazole rings is 1. The predicted molar refractivity (Wildman–Crippen MR) is 64.8 cm³/mol. The summed E-state index contributed by atoms with van der Waals surface area (Å²) in [6.07, 6.45) is 7.09. The number of rotatable bonds is 7. The zero-order valence-corrected chi connectivity index (χ0v) is 10.5. The molecule has 5 nitrogen and oxygen atoms in total. The van der Waals surface area contributed by atoms with Crippen molar-refractivity contribution in [2.24, 2.45) is 0 Å². The van der Waals surface area contributed by atoms with Gasteiger partial charge in [0.05, 0.1) is 18.5 Å². The predicted octanol–water partition coefficient (Wildman–Crippen LogP) is 0.665. The number of aromatic nitrogens is 2. The lowest BCUT2D eigenvalue weighted by Crippen LogP contribution is -2.60. The Hall–Kier alpha value is -0.910. The third-order valence-electron chi connectivity index (χ3n) is 3.24. The first kappa shape index (κ1) is 12.5. The average molecular weight is 239 g/mol. The third kappa shape index (κ3) is 3.06. The van der Waals surface area contributed by atoms with Crippen LogP contribution >= 0.6 is 0 Å². The second-order valence-electron chi connectivity index (χ2n) is 4.29. The summed E-state index contributed by atoms with van der Waals surface area (Å²) in [4.78, 5) is 4.01. The number of methoxy groups -OCH3 is 1. The lowest BCUT2D eigenvalue weighted by molar-refractivity contribution is -0.131. The van der Waals surface area contributed by atoms with Crippen LogP contribution in [0.25, 0.3) is 0 Å². The Morgan fingerprint density at radius 3 is 3.06 bits per heavy atom. The van der Waals surface area contributed by atoms with Crippen molar-refractivity contribution in [3.05, 3.63) is 18.7 Å². The second kappa shape index (κ2) is 6.14. The van der Waals surface area contributed by atoms with E-state index in [-0.39, 0.29) is 12.2 Å². The fourth-order valence-electron chi connectivity index (χ4n) is 2.27. The third-order valence-corrected chi connectivity index (χ3v) is 3.24. The van der Waals surface area contributed by atoms with Crippen molar-refractivity contribution in [1.82, 2.24) is 14.9 Å². The Morgan fingerprint density at radius 1 is 1.53 bits per heavy atom. The van der Waals surface area contributed by atoms with Gasteiger partial charge in [-0.05, 0) is 13.3 Å². The zero-order chi connectivity index (χ0) is 12.1. The first-order valence-electron chi connectivity index (χ1n) is 6.18. The SMILES string of the molecule is CCOC1CC(NCCn2ccnc2)C1OC. The van der Waals surface area contributed by atoms with Crippen molar-refractivity contribution in [1.29, 1.82) is 0 Å². The highest BCUT2D eigenvalue weighted by molar-refractivity contribution is 4.97. The molecule has 0 amide bonds. The van der Waals surface area contributed by atoms with Crippen molar-refractivity contribution in [2.45, 2.75) is 38.1 Å². The first-order valence-corrected chi connectivity index (χ1v) is 6.18. The summed E-state index contributed by atoms with van der Waals surface area (Å²) in [7, 11) is 1.75. The largest absolute Gasteiger partial charge is 0.377 e. The summed E-state index contributed by atoms with van der Waals surface area (Å²) in [6, 6.07) is 0.417. The molecule has 1 heterocycles. The van der Waals surface area contributed by atoms with Gasteiger partial charge < -0.3 is 19.4 Å². The highest BCUT2D eigenvalue weighted by Crippen LogP contribution is 2.26. The minimum Gasteiger partial charge on any atom is -0.377 e. The topological polar surface area (TPSA) is 48.3 Å². The van der Waals surface area contributed by atoms with Gasteiger partial charge in [-0.1, -0.05) is 0 Å². The fraction of sp³-hybridized carbons (Fsp3) is 0.750. The van der Waals surface area contributed by atoms with Gasteiger partial charge in [-0.15, -0.1) is 0 Å². The van der Waals surface area contributed by atoms with Gasteiger partial charge in [-0.2, -0.15) is 0 Å². The Balaban J connectivity index is 1.66. The maximum absolute atomic E-state index is 5.58. The van der Waals surface area contributed by atoms with Crippen LogP contribution < -0.4 is 5.32 Å². The molecule has 1 aromatic rings. The van der Waals surface area contributed by atoms with Crippen LogP contribution in [0.5, 0.6) is 0 Å². The molecular weight excluding hydrogens is 218 g/mol. The number of nitrogens with one attached hydrogen (secondary N) is 1. The molecule has 1 fully saturated rings.